The van der Waals surface area contributed by atoms with Crippen LogP contribution in [0, 0.1) is 5.41 Å². The van der Waals surface area contributed by atoms with Crippen molar-refractivity contribution in [2.24, 2.45) is 11.1 Å². The molecule has 1 heterocycles. The van der Waals surface area contributed by atoms with E-state index in [1.54, 1.807) is 26.1 Å². The van der Waals surface area contributed by atoms with Gasteiger partial charge in [0.25, 0.3) is 0 Å². The van der Waals surface area contributed by atoms with E-state index in [1.807, 2.05) is 0 Å². The molecule has 76 valence electrons. The summed E-state index contributed by atoms with van der Waals surface area (Å²) in [7, 11) is 0. The van der Waals surface area contributed by atoms with Crippen LogP contribution in [-0.2, 0) is 4.79 Å². The van der Waals surface area contributed by atoms with Crippen molar-refractivity contribution in [3.8, 4) is 0 Å². The molecule has 14 heavy (non-hydrogen) atoms. The van der Waals surface area contributed by atoms with Gasteiger partial charge in [-0.15, -0.1) is 0 Å². The number of nitrogens with one attached hydrogen (secondary N) is 1. The summed E-state index contributed by atoms with van der Waals surface area (Å²) < 4.78 is 0. The number of hydrogen-bond donors (Lipinski definition) is 2. The number of anilines is 1. The number of primary amides is 1. The Morgan fingerprint density at radius 1 is 1.64 bits per heavy atom. The van der Waals surface area contributed by atoms with Crippen LogP contribution in [0.5, 0.6) is 0 Å². The highest BCUT2D eigenvalue weighted by Gasteiger charge is 2.24. The summed E-state index contributed by atoms with van der Waals surface area (Å²) >= 11 is 0. The maximum absolute atomic E-state index is 11.0. The molecular weight excluding hydrogens is 180 g/mol. The summed E-state index contributed by atoms with van der Waals surface area (Å²) in [5, 5.41) is 3.01. The minimum Gasteiger partial charge on any atom is -0.369 e. The first-order valence-electron chi connectivity index (χ1n) is 4.32. The molecule has 0 aliphatic heterocycles. The first-order chi connectivity index (χ1) is 6.52. The van der Waals surface area contributed by atoms with E-state index < -0.39 is 5.41 Å². The van der Waals surface area contributed by atoms with Crippen LogP contribution in [0.3, 0.4) is 0 Å². The summed E-state index contributed by atoms with van der Waals surface area (Å²) in [6, 6.07) is 1.73. The second kappa shape index (κ2) is 4.04. The van der Waals surface area contributed by atoms with Crippen LogP contribution in [0.4, 0.5) is 5.82 Å². The van der Waals surface area contributed by atoms with Gasteiger partial charge in [-0.25, -0.2) is 9.97 Å². The summed E-state index contributed by atoms with van der Waals surface area (Å²) in [4.78, 5) is 18.7. The van der Waals surface area contributed by atoms with E-state index in [2.05, 4.69) is 15.3 Å². The molecule has 0 saturated heterocycles. The van der Waals surface area contributed by atoms with Gasteiger partial charge in [0, 0.05) is 12.7 Å². The summed E-state index contributed by atoms with van der Waals surface area (Å²) in [5.41, 5.74) is 4.64. The Morgan fingerprint density at radius 2 is 2.36 bits per heavy atom. The van der Waals surface area contributed by atoms with Gasteiger partial charge < -0.3 is 11.1 Å². The quantitative estimate of drug-likeness (QED) is 0.727. The standard InChI is InChI=1S/C9H14N4O/c1-9(2,8(10)14)5-12-7-3-4-11-6-13-7/h3-4,6H,5H2,1-2H3,(H2,10,14)(H,11,12,13). The lowest BCUT2D eigenvalue weighted by molar-refractivity contribution is -0.125. The Bertz CT molecular complexity index is 310. The van der Waals surface area contributed by atoms with Crippen LogP contribution in [0.1, 0.15) is 13.8 Å². The van der Waals surface area contributed by atoms with Gasteiger partial charge in [-0.05, 0) is 19.9 Å². The second-order valence-corrected chi connectivity index (χ2v) is 3.70. The number of nitrogens with two attached hydrogens (primary N) is 1. The number of nitrogens with zero attached hydrogens (tertiary/aromatic N) is 2. The number of rotatable bonds is 4. The summed E-state index contributed by atoms with van der Waals surface area (Å²) in [6.45, 7) is 4.02. The fraction of sp³-hybridized carbons (Fsp3) is 0.444. The Balaban J connectivity index is 2.53. The Morgan fingerprint density at radius 3 is 2.86 bits per heavy atom. The molecule has 0 aliphatic carbocycles. The van der Waals surface area contributed by atoms with Gasteiger partial charge in [0.2, 0.25) is 5.91 Å². The highest BCUT2D eigenvalue weighted by atomic mass is 16.1. The van der Waals surface area contributed by atoms with Crippen LogP contribution < -0.4 is 11.1 Å². The highest BCUT2D eigenvalue weighted by Crippen LogP contribution is 2.14. The lowest BCUT2D eigenvalue weighted by Crippen LogP contribution is -2.37. The molecule has 0 aliphatic rings. The highest BCUT2D eigenvalue weighted by molar-refractivity contribution is 5.80. The van der Waals surface area contributed by atoms with Gasteiger partial charge in [-0.3, -0.25) is 4.79 Å². The second-order valence-electron chi connectivity index (χ2n) is 3.70. The van der Waals surface area contributed by atoms with Gasteiger partial charge >= 0.3 is 0 Å². The van der Waals surface area contributed by atoms with Gasteiger partial charge in [-0.2, -0.15) is 0 Å². The zero-order valence-electron chi connectivity index (χ0n) is 8.32. The van der Waals surface area contributed by atoms with Gasteiger partial charge in [0.15, 0.2) is 0 Å². The fourth-order valence-corrected chi connectivity index (χ4v) is 0.794. The van der Waals surface area contributed by atoms with Crippen molar-refractivity contribution in [3.63, 3.8) is 0 Å². The predicted molar refractivity (Wildman–Crippen MR) is 53.5 cm³/mol. The number of carbonyl (C=O) groups is 1. The molecule has 1 aromatic heterocycles. The molecule has 1 rings (SSSR count). The van der Waals surface area contributed by atoms with E-state index in [4.69, 9.17) is 5.73 Å². The molecule has 0 spiro atoms. The molecule has 1 aromatic rings. The van der Waals surface area contributed by atoms with E-state index in [0.29, 0.717) is 12.4 Å². The van der Waals surface area contributed by atoms with Crippen LogP contribution in [-0.4, -0.2) is 22.4 Å². The van der Waals surface area contributed by atoms with Crippen LogP contribution in [0.25, 0.3) is 0 Å². The Kier molecular flexibility index (Phi) is 3.01. The van der Waals surface area contributed by atoms with Crippen molar-refractivity contribution in [3.05, 3.63) is 18.6 Å². The normalized spacial score (nSPS) is 11.0. The molecule has 5 nitrogen and oxygen atoms in total. The molecule has 3 N–H and O–H groups in total. The van der Waals surface area contributed by atoms with Gasteiger partial charge in [-0.1, -0.05) is 0 Å². The molecule has 0 unspecified atom stereocenters. The summed E-state index contributed by atoms with van der Waals surface area (Å²) in [6.07, 6.45) is 3.08. The topological polar surface area (TPSA) is 80.9 Å². The minimum absolute atomic E-state index is 0.334. The molecule has 0 aromatic carbocycles. The largest absolute Gasteiger partial charge is 0.369 e. The molecule has 0 radical (unpaired) electrons. The monoisotopic (exact) mass is 194 g/mol. The lowest BCUT2D eigenvalue weighted by Gasteiger charge is -2.20. The van der Waals surface area contributed by atoms with Crippen molar-refractivity contribution in [2.75, 3.05) is 11.9 Å². The van der Waals surface area contributed by atoms with Gasteiger partial charge in [0.05, 0.1) is 5.41 Å². The van der Waals surface area contributed by atoms with Crippen LogP contribution in [0.15, 0.2) is 18.6 Å². The Labute approximate surface area is 82.7 Å². The molecular formula is C9H14N4O. The third-order valence-electron chi connectivity index (χ3n) is 1.96. The van der Waals surface area contributed by atoms with Crippen LogP contribution in [0.2, 0.25) is 0 Å². The first kappa shape index (κ1) is 10.4. The molecule has 1 amide bonds. The average molecular weight is 194 g/mol. The number of carbonyl (C=O) groups excluding carboxylic acids is 1. The fourth-order valence-electron chi connectivity index (χ4n) is 0.794. The number of hydrogen-bond acceptors (Lipinski definition) is 4. The first-order valence-corrected chi connectivity index (χ1v) is 4.32. The SMILES string of the molecule is CC(C)(CNc1ccncn1)C(N)=O. The number of aromatic nitrogens is 2. The molecule has 0 saturated carbocycles. The zero-order valence-corrected chi connectivity index (χ0v) is 8.32. The van der Waals surface area contributed by atoms with E-state index >= 15 is 0 Å². The molecule has 5 heteroatoms. The van der Waals surface area contributed by atoms with Crippen molar-refractivity contribution >= 4 is 11.7 Å². The third-order valence-corrected chi connectivity index (χ3v) is 1.96. The van der Waals surface area contributed by atoms with Gasteiger partial charge in [0.1, 0.15) is 12.1 Å². The van der Waals surface area contributed by atoms with E-state index in [0.717, 1.165) is 0 Å². The number of amides is 1. The predicted octanol–water partition coefficient (Wildman–Crippen LogP) is 0.400. The maximum Gasteiger partial charge on any atom is 0.224 e. The van der Waals surface area contributed by atoms with Crippen molar-refractivity contribution in [2.45, 2.75) is 13.8 Å². The maximum atomic E-state index is 11.0. The smallest absolute Gasteiger partial charge is 0.224 e. The zero-order chi connectivity index (χ0) is 10.6. The average Bonchev–Trinajstić information content (AvgIpc) is 2.16. The van der Waals surface area contributed by atoms with E-state index in [9.17, 15) is 4.79 Å². The van der Waals surface area contributed by atoms with E-state index in [1.165, 1.54) is 6.33 Å². The lowest BCUT2D eigenvalue weighted by atomic mass is 9.93. The van der Waals surface area contributed by atoms with Crippen LogP contribution >= 0.6 is 0 Å². The van der Waals surface area contributed by atoms with Crippen molar-refractivity contribution in [1.29, 1.82) is 0 Å². The summed E-state index contributed by atoms with van der Waals surface area (Å²) in [5.74, 6) is 0.355. The molecule has 0 atom stereocenters. The minimum atomic E-state index is -0.578. The third kappa shape index (κ3) is 2.69. The van der Waals surface area contributed by atoms with Crippen molar-refractivity contribution < 1.29 is 4.79 Å². The van der Waals surface area contributed by atoms with E-state index in [-0.39, 0.29) is 5.91 Å². The Hall–Kier alpha value is -1.65. The molecule has 0 bridgehead atoms. The van der Waals surface area contributed by atoms with Crippen molar-refractivity contribution in [1.82, 2.24) is 9.97 Å². The molecule has 0 fully saturated rings.